The molecule has 1 aromatic carbocycles. The number of aromatic nitrogens is 4. The van der Waals surface area contributed by atoms with Gasteiger partial charge in [0.05, 0.1) is 0 Å². The number of rotatable bonds is 1. The van der Waals surface area contributed by atoms with Crippen molar-refractivity contribution in [2.24, 2.45) is 0 Å². The molecule has 0 aliphatic heterocycles. The quantitative estimate of drug-likeness (QED) is 0.685. The minimum absolute atomic E-state index is 0.488. The molecule has 2 aromatic heterocycles. The summed E-state index contributed by atoms with van der Waals surface area (Å²) >= 11 is 6.20. The highest BCUT2D eigenvalue weighted by Crippen LogP contribution is 2.28. The zero-order valence-electron chi connectivity index (χ0n) is 11.9. The monoisotopic (exact) mass is 286 g/mol. The molecule has 0 saturated heterocycles. The summed E-state index contributed by atoms with van der Waals surface area (Å²) in [5, 5.41) is 13.5. The fourth-order valence-corrected chi connectivity index (χ4v) is 2.63. The number of aryl methyl sites for hydroxylation is 3. The Bertz CT molecular complexity index is 800. The smallest absolute Gasteiger partial charge is 0.185 e. The van der Waals surface area contributed by atoms with Crippen molar-refractivity contribution < 1.29 is 0 Å². The van der Waals surface area contributed by atoms with E-state index in [-0.39, 0.29) is 0 Å². The number of halogens is 1. The van der Waals surface area contributed by atoms with Crippen LogP contribution in [-0.4, -0.2) is 19.8 Å². The number of nitrogens with zero attached hydrogens (tertiary/aromatic N) is 4. The normalized spacial score (nSPS) is 11.2. The third-order valence-corrected chi connectivity index (χ3v) is 4.10. The largest absolute Gasteiger partial charge is 0.191 e. The van der Waals surface area contributed by atoms with Gasteiger partial charge in [0, 0.05) is 11.1 Å². The number of fused-ring (bicyclic) bond motifs is 1. The number of benzene rings is 1. The molecule has 20 heavy (non-hydrogen) atoms. The highest BCUT2D eigenvalue weighted by atomic mass is 35.5. The Labute approximate surface area is 122 Å². The van der Waals surface area contributed by atoms with Crippen LogP contribution in [0.2, 0.25) is 5.15 Å². The molecule has 3 aromatic rings. The van der Waals surface area contributed by atoms with Crippen molar-refractivity contribution in [2.75, 3.05) is 0 Å². The van der Waals surface area contributed by atoms with Crippen LogP contribution in [0.25, 0.3) is 17.0 Å². The maximum Gasteiger partial charge on any atom is 0.185 e. The average molecular weight is 287 g/mol. The molecule has 102 valence electrons. The summed E-state index contributed by atoms with van der Waals surface area (Å²) in [4.78, 5) is 0. The zero-order valence-corrected chi connectivity index (χ0v) is 12.7. The second-order valence-corrected chi connectivity index (χ2v) is 5.42. The maximum absolute atomic E-state index is 6.20. The molecule has 0 aliphatic rings. The maximum atomic E-state index is 6.20. The molecule has 0 bridgehead atoms. The molecule has 4 nitrogen and oxygen atoms in total. The minimum atomic E-state index is 0.488. The van der Waals surface area contributed by atoms with Gasteiger partial charge in [0.2, 0.25) is 0 Å². The van der Waals surface area contributed by atoms with Gasteiger partial charge in [-0.1, -0.05) is 29.8 Å². The van der Waals surface area contributed by atoms with Gasteiger partial charge in [0.15, 0.2) is 16.6 Å². The molecule has 0 spiro atoms. The molecule has 2 heterocycles. The first-order valence-corrected chi connectivity index (χ1v) is 6.83. The van der Waals surface area contributed by atoms with Gasteiger partial charge < -0.3 is 0 Å². The average Bonchev–Trinajstić information content (AvgIpc) is 2.80. The molecule has 0 fully saturated rings. The summed E-state index contributed by atoms with van der Waals surface area (Å²) < 4.78 is 1.74. The van der Waals surface area contributed by atoms with Gasteiger partial charge in [0.25, 0.3) is 0 Å². The number of hydrogen-bond acceptors (Lipinski definition) is 3. The van der Waals surface area contributed by atoms with Gasteiger partial charge in [-0.2, -0.15) is 9.61 Å². The first-order valence-electron chi connectivity index (χ1n) is 6.45. The second kappa shape index (κ2) is 4.56. The standard InChI is InChI=1S/C15H15ClN4/c1-8-6-5-7-9(2)12(8)15-18-17-14-11(4)10(3)13(16)19-20(14)15/h5-7H,1-4H3. The van der Waals surface area contributed by atoms with Crippen molar-refractivity contribution in [3.63, 3.8) is 0 Å². The Hall–Kier alpha value is -1.94. The van der Waals surface area contributed by atoms with E-state index >= 15 is 0 Å². The van der Waals surface area contributed by atoms with E-state index in [4.69, 9.17) is 11.6 Å². The van der Waals surface area contributed by atoms with E-state index in [0.717, 1.165) is 39.3 Å². The Morgan fingerprint density at radius 2 is 1.60 bits per heavy atom. The van der Waals surface area contributed by atoms with Crippen molar-refractivity contribution >= 4 is 17.2 Å². The first kappa shape index (κ1) is 13.1. The van der Waals surface area contributed by atoms with E-state index in [9.17, 15) is 0 Å². The van der Waals surface area contributed by atoms with Crippen LogP contribution in [0.1, 0.15) is 22.3 Å². The zero-order chi connectivity index (χ0) is 14.4. The van der Waals surface area contributed by atoms with Crippen LogP contribution in [0.3, 0.4) is 0 Å². The molecule has 0 N–H and O–H groups in total. The molecule has 0 unspecified atom stereocenters. The van der Waals surface area contributed by atoms with E-state index < -0.39 is 0 Å². The highest BCUT2D eigenvalue weighted by molar-refractivity contribution is 6.30. The van der Waals surface area contributed by atoms with Crippen LogP contribution in [0, 0.1) is 27.7 Å². The molecule has 0 radical (unpaired) electrons. The van der Waals surface area contributed by atoms with Crippen molar-refractivity contribution in [3.05, 3.63) is 45.6 Å². The molecule has 0 atom stereocenters. The highest BCUT2D eigenvalue weighted by Gasteiger charge is 2.17. The summed E-state index contributed by atoms with van der Waals surface area (Å²) in [6, 6.07) is 6.16. The van der Waals surface area contributed by atoms with Crippen LogP contribution < -0.4 is 0 Å². The molecule has 0 aliphatic carbocycles. The minimum Gasteiger partial charge on any atom is -0.191 e. The lowest BCUT2D eigenvalue weighted by Crippen LogP contribution is -2.01. The van der Waals surface area contributed by atoms with Crippen molar-refractivity contribution in [1.29, 1.82) is 0 Å². The van der Waals surface area contributed by atoms with Gasteiger partial charge in [0.1, 0.15) is 0 Å². The van der Waals surface area contributed by atoms with Crippen molar-refractivity contribution in [1.82, 2.24) is 19.8 Å². The molecule has 3 rings (SSSR count). The molecular weight excluding hydrogens is 272 g/mol. The molecule has 0 amide bonds. The Morgan fingerprint density at radius 3 is 2.25 bits per heavy atom. The molecule has 5 heteroatoms. The van der Waals surface area contributed by atoms with Gasteiger partial charge >= 0.3 is 0 Å². The van der Waals surface area contributed by atoms with E-state index in [2.05, 4.69) is 41.3 Å². The summed E-state index contributed by atoms with van der Waals surface area (Å²) in [7, 11) is 0. The van der Waals surface area contributed by atoms with Crippen LogP contribution in [0.4, 0.5) is 0 Å². The van der Waals surface area contributed by atoms with Gasteiger partial charge in [-0.05, 0) is 44.4 Å². The Balaban J connectivity index is 2.39. The van der Waals surface area contributed by atoms with Crippen molar-refractivity contribution in [2.45, 2.75) is 27.7 Å². The van der Waals surface area contributed by atoms with Gasteiger partial charge in [-0.25, -0.2) is 0 Å². The lowest BCUT2D eigenvalue weighted by atomic mass is 10.0. The SMILES string of the molecule is Cc1cccc(C)c1-c1nnc2c(C)c(C)c(Cl)nn12. The third kappa shape index (κ3) is 1.79. The fraction of sp³-hybridized carbons (Fsp3) is 0.267. The Kier molecular flexibility index (Phi) is 2.98. The summed E-state index contributed by atoms with van der Waals surface area (Å²) in [5.41, 5.74) is 6.07. The van der Waals surface area contributed by atoms with Crippen LogP contribution in [0.15, 0.2) is 18.2 Å². The third-order valence-electron chi connectivity index (χ3n) is 3.74. The predicted molar refractivity (Wildman–Crippen MR) is 80.2 cm³/mol. The topological polar surface area (TPSA) is 43.1 Å². The molecular formula is C15H15ClN4. The van der Waals surface area contributed by atoms with Crippen molar-refractivity contribution in [3.8, 4) is 11.4 Å². The summed E-state index contributed by atoms with van der Waals surface area (Å²) in [6.45, 7) is 8.05. The summed E-state index contributed by atoms with van der Waals surface area (Å²) in [5.74, 6) is 0.737. The summed E-state index contributed by atoms with van der Waals surface area (Å²) in [6.07, 6.45) is 0. The first-order chi connectivity index (χ1) is 9.50. The van der Waals surface area contributed by atoms with Crippen LogP contribution in [-0.2, 0) is 0 Å². The van der Waals surface area contributed by atoms with Crippen LogP contribution >= 0.6 is 11.6 Å². The lowest BCUT2D eigenvalue weighted by Gasteiger charge is -2.09. The molecule has 0 saturated carbocycles. The van der Waals surface area contributed by atoms with E-state index in [1.807, 2.05) is 19.9 Å². The second-order valence-electron chi connectivity index (χ2n) is 5.07. The van der Waals surface area contributed by atoms with Gasteiger partial charge in [-0.3, -0.25) is 0 Å². The van der Waals surface area contributed by atoms with Gasteiger partial charge in [-0.15, -0.1) is 10.2 Å². The van der Waals surface area contributed by atoms with E-state index in [1.165, 1.54) is 0 Å². The number of hydrogen-bond donors (Lipinski definition) is 0. The van der Waals surface area contributed by atoms with E-state index in [1.54, 1.807) is 4.52 Å². The van der Waals surface area contributed by atoms with E-state index in [0.29, 0.717) is 5.15 Å². The van der Waals surface area contributed by atoms with Crippen LogP contribution in [0.5, 0.6) is 0 Å². The Morgan fingerprint density at radius 1 is 0.950 bits per heavy atom. The lowest BCUT2D eigenvalue weighted by molar-refractivity contribution is 0.917. The predicted octanol–water partition coefficient (Wildman–Crippen LogP) is 3.68. The fourth-order valence-electron chi connectivity index (χ4n) is 2.42.